The van der Waals surface area contributed by atoms with Gasteiger partial charge in [0.1, 0.15) is 12.4 Å². The number of nitrogens with one attached hydrogen (secondary N) is 1. The number of aliphatic carboxylic acids is 1. The molecule has 0 fully saturated rings. The van der Waals surface area contributed by atoms with Gasteiger partial charge in [0.25, 0.3) is 0 Å². The summed E-state index contributed by atoms with van der Waals surface area (Å²) in [5.74, 6) is -0.638. The Morgan fingerprint density at radius 1 is 1.12 bits per heavy atom. The fraction of sp³-hybridized carbons (Fsp3) is 0.263. The van der Waals surface area contributed by atoms with Gasteiger partial charge in [-0.3, -0.25) is 9.59 Å². The second-order valence-electron chi connectivity index (χ2n) is 5.89. The molecule has 3 rings (SSSR count). The second kappa shape index (κ2) is 7.17. The van der Waals surface area contributed by atoms with E-state index in [0.29, 0.717) is 13.0 Å². The van der Waals surface area contributed by atoms with E-state index in [1.165, 1.54) is 0 Å². The average Bonchev–Trinajstić information content (AvgIpc) is 2.61. The van der Waals surface area contributed by atoms with Gasteiger partial charge in [0.2, 0.25) is 5.91 Å². The first-order valence-corrected chi connectivity index (χ1v) is 7.91. The number of ether oxygens (including phenoxy) is 1. The first-order valence-electron chi connectivity index (χ1n) is 7.91. The van der Waals surface area contributed by atoms with E-state index in [0.717, 1.165) is 16.9 Å². The zero-order valence-electron chi connectivity index (χ0n) is 13.1. The van der Waals surface area contributed by atoms with Gasteiger partial charge in [-0.2, -0.15) is 0 Å². The lowest BCUT2D eigenvalue weighted by molar-refractivity contribution is -0.138. The highest BCUT2D eigenvalue weighted by Gasteiger charge is 2.28. The summed E-state index contributed by atoms with van der Waals surface area (Å²) in [5, 5.41) is 12.0. The third-order valence-electron chi connectivity index (χ3n) is 4.15. The molecule has 2 atom stereocenters. The second-order valence-corrected chi connectivity index (χ2v) is 5.89. The molecule has 5 heteroatoms. The smallest absolute Gasteiger partial charge is 0.305 e. The molecule has 0 aromatic heterocycles. The van der Waals surface area contributed by atoms with E-state index in [9.17, 15) is 9.59 Å². The number of carboxylic acids is 1. The summed E-state index contributed by atoms with van der Waals surface area (Å²) in [6.45, 7) is 0.303. The molecule has 1 amide bonds. The van der Waals surface area contributed by atoms with Crippen LogP contribution in [0.15, 0.2) is 54.6 Å². The Balaban J connectivity index is 1.71. The number of fused-ring (bicyclic) bond motifs is 1. The van der Waals surface area contributed by atoms with Gasteiger partial charge in [-0.1, -0.05) is 48.5 Å². The molecule has 2 aromatic rings. The SMILES string of the molecule is O=C(O)C[C@H](NC(=O)[C@H]1COc2ccccc2C1)c1ccccc1. The zero-order chi connectivity index (χ0) is 16.9. The van der Waals surface area contributed by atoms with Crippen LogP contribution in [0, 0.1) is 5.92 Å². The first-order chi connectivity index (χ1) is 11.6. The summed E-state index contributed by atoms with van der Waals surface area (Å²) in [5.41, 5.74) is 1.78. The van der Waals surface area contributed by atoms with Crippen molar-refractivity contribution >= 4 is 11.9 Å². The number of carbonyl (C=O) groups is 2. The molecule has 2 N–H and O–H groups in total. The fourth-order valence-corrected chi connectivity index (χ4v) is 2.90. The predicted molar refractivity (Wildman–Crippen MR) is 88.7 cm³/mol. The summed E-state index contributed by atoms with van der Waals surface area (Å²) in [6, 6.07) is 16.3. The van der Waals surface area contributed by atoms with Gasteiger partial charge in [-0.05, 0) is 23.6 Å². The van der Waals surface area contributed by atoms with Crippen molar-refractivity contribution < 1.29 is 19.4 Å². The summed E-state index contributed by atoms with van der Waals surface area (Å²) in [6.07, 6.45) is 0.441. The van der Waals surface area contributed by atoms with E-state index in [4.69, 9.17) is 9.84 Å². The topological polar surface area (TPSA) is 75.6 Å². The monoisotopic (exact) mass is 325 g/mol. The summed E-state index contributed by atoms with van der Waals surface area (Å²) in [7, 11) is 0. The Labute approximate surface area is 140 Å². The van der Waals surface area contributed by atoms with Gasteiger partial charge in [0.15, 0.2) is 0 Å². The molecular weight excluding hydrogens is 306 g/mol. The van der Waals surface area contributed by atoms with Gasteiger partial charge < -0.3 is 15.2 Å². The van der Waals surface area contributed by atoms with Crippen LogP contribution >= 0.6 is 0 Å². The molecule has 124 valence electrons. The van der Waals surface area contributed by atoms with Gasteiger partial charge in [-0.15, -0.1) is 0 Å². The van der Waals surface area contributed by atoms with Crippen molar-refractivity contribution in [2.24, 2.45) is 5.92 Å². The van der Waals surface area contributed by atoms with Gasteiger partial charge in [-0.25, -0.2) is 0 Å². The molecule has 1 heterocycles. The van der Waals surface area contributed by atoms with Crippen molar-refractivity contribution in [3.8, 4) is 5.75 Å². The van der Waals surface area contributed by atoms with Crippen molar-refractivity contribution in [1.29, 1.82) is 0 Å². The van der Waals surface area contributed by atoms with Crippen LogP contribution in [0.1, 0.15) is 23.6 Å². The van der Waals surface area contributed by atoms with Crippen molar-refractivity contribution in [1.82, 2.24) is 5.32 Å². The number of amides is 1. The maximum Gasteiger partial charge on any atom is 0.305 e. The highest BCUT2D eigenvalue weighted by atomic mass is 16.5. The first kappa shape index (κ1) is 16.1. The van der Waals surface area contributed by atoms with Gasteiger partial charge >= 0.3 is 5.97 Å². The summed E-state index contributed by atoms with van der Waals surface area (Å²) < 4.78 is 5.65. The molecule has 1 aliphatic rings. The molecule has 0 saturated carbocycles. The standard InChI is InChI=1S/C19H19NO4/c21-18(22)11-16(13-6-2-1-3-7-13)20-19(23)15-10-14-8-4-5-9-17(14)24-12-15/h1-9,15-16H,10-12H2,(H,20,23)(H,21,22)/t15-,16+/m1/s1. The molecule has 2 aromatic carbocycles. The predicted octanol–water partition coefficient (Wildman–Crippen LogP) is 2.57. The van der Waals surface area contributed by atoms with Crippen LogP contribution in [-0.2, 0) is 16.0 Å². The van der Waals surface area contributed by atoms with Crippen LogP contribution in [0.4, 0.5) is 0 Å². The lowest BCUT2D eigenvalue weighted by Crippen LogP contribution is -2.39. The molecule has 0 aliphatic carbocycles. The third kappa shape index (κ3) is 3.74. The minimum absolute atomic E-state index is 0.153. The number of carbonyl (C=O) groups excluding carboxylic acids is 1. The van der Waals surface area contributed by atoms with Crippen LogP contribution < -0.4 is 10.1 Å². The normalized spacial score (nSPS) is 17.2. The summed E-state index contributed by atoms with van der Waals surface area (Å²) >= 11 is 0. The zero-order valence-corrected chi connectivity index (χ0v) is 13.1. The fourth-order valence-electron chi connectivity index (χ4n) is 2.90. The Kier molecular flexibility index (Phi) is 4.79. The highest BCUT2D eigenvalue weighted by Crippen LogP contribution is 2.27. The number of carboxylic acid groups (broad SMARTS) is 1. The Hall–Kier alpha value is -2.82. The molecule has 24 heavy (non-hydrogen) atoms. The van der Waals surface area contributed by atoms with E-state index >= 15 is 0 Å². The minimum atomic E-state index is -0.950. The molecule has 1 aliphatic heterocycles. The quantitative estimate of drug-likeness (QED) is 0.886. The van der Waals surface area contributed by atoms with E-state index in [1.807, 2.05) is 54.6 Å². The van der Waals surface area contributed by atoms with E-state index < -0.39 is 12.0 Å². The lowest BCUT2D eigenvalue weighted by atomic mass is 9.95. The maximum absolute atomic E-state index is 12.6. The number of para-hydroxylation sites is 1. The number of benzene rings is 2. The van der Waals surface area contributed by atoms with E-state index in [2.05, 4.69) is 5.32 Å². The summed E-state index contributed by atoms with van der Waals surface area (Å²) in [4.78, 5) is 23.7. The number of rotatable bonds is 5. The number of hydrogen-bond acceptors (Lipinski definition) is 3. The average molecular weight is 325 g/mol. The van der Waals surface area contributed by atoms with Crippen molar-refractivity contribution in [2.45, 2.75) is 18.9 Å². The molecule has 0 bridgehead atoms. The molecular formula is C19H19NO4. The van der Waals surface area contributed by atoms with Crippen LogP contribution in [0.3, 0.4) is 0 Å². The highest BCUT2D eigenvalue weighted by molar-refractivity contribution is 5.81. The lowest BCUT2D eigenvalue weighted by Gasteiger charge is -2.26. The minimum Gasteiger partial charge on any atom is -0.492 e. The molecule has 0 saturated heterocycles. The Morgan fingerprint density at radius 3 is 2.58 bits per heavy atom. The molecule has 0 spiro atoms. The van der Waals surface area contributed by atoms with Gasteiger partial charge in [0.05, 0.1) is 18.4 Å². The Morgan fingerprint density at radius 2 is 1.83 bits per heavy atom. The largest absolute Gasteiger partial charge is 0.492 e. The van der Waals surface area contributed by atoms with Crippen molar-refractivity contribution in [2.75, 3.05) is 6.61 Å². The van der Waals surface area contributed by atoms with Crippen LogP contribution in [0.25, 0.3) is 0 Å². The third-order valence-corrected chi connectivity index (χ3v) is 4.15. The molecule has 0 unspecified atom stereocenters. The van der Waals surface area contributed by atoms with Gasteiger partial charge in [0, 0.05) is 0 Å². The van der Waals surface area contributed by atoms with E-state index in [-0.39, 0.29) is 18.2 Å². The van der Waals surface area contributed by atoms with Crippen molar-refractivity contribution in [3.05, 3.63) is 65.7 Å². The van der Waals surface area contributed by atoms with Crippen molar-refractivity contribution in [3.63, 3.8) is 0 Å². The van der Waals surface area contributed by atoms with Crippen LogP contribution in [0.2, 0.25) is 0 Å². The Bertz CT molecular complexity index is 729. The number of hydrogen-bond donors (Lipinski definition) is 2. The van der Waals surface area contributed by atoms with Crippen LogP contribution in [0.5, 0.6) is 5.75 Å². The maximum atomic E-state index is 12.6. The molecule has 0 radical (unpaired) electrons. The van der Waals surface area contributed by atoms with Crippen LogP contribution in [-0.4, -0.2) is 23.6 Å². The molecule has 5 nitrogen and oxygen atoms in total. The van der Waals surface area contributed by atoms with E-state index in [1.54, 1.807) is 0 Å².